The summed E-state index contributed by atoms with van der Waals surface area (Å²) in [4.78, 5) is 21.2. The molecule has 2 aromatic carbocycles. The molecule has 1 saturated heterocycles. The molecule has 35 heavy (non-hydrogen) atoms. The van der Waals surface area contributed by atoms with Crippen molar-refractivity contribution in [1.29, 1.82) is 0 Å². The molecule has 1 aliphatic rings. The van der Waals surface area contributed by atoms with Crippen molar-refractivity contribution in [3.63, 3.8) is 0 Å². The fourth-order valence-electron chi connectivity index (χ4n) is 4.07. The first-order chi connectivity index (χ1) is 16.7. The van der Waals surface area contributed by atoms with Crippen LogP contribution in [-0.4, -0.2) is 67.8 Å². The molecule has 188 valence electrons. The summed E-state index contributed by atoms with van der Waals surface area (Å²) in [6, 6.07) is 8.18. The number of anilines is 1. The van der Waals surface area contributed by atoms with Crippen LogP contribution in [0.15, 0.2) is 41.3 Å². The second-order valence-corrected chi connectivity index (χ2v) is 11.3. The van der Waals surface area contributed by atoms with E-state index >= 15 is 0 Å². The Morgan fingerprint density at radius 2 is 1.77 bits per heavy atom. The Morgan fingerprint density at radius 3 is 2.40 bits per heavy atom. The van der Waals surface area contributed by atoms with Gasteiger partial charge in [-0.15, -0.1) is 0 Å². The molecule has 0 atom stereocenters. The molecule has 1 aromatic heterocycles. The van der Waals surface area contributed by atoms with Crippen molar-refractivity contribution in [2.45, 2.75) is 31.6 Å². The Labute approximate surface area is 208 Å². The first kappa shape index (κ1) is 25.5. The third-order valence-electron chi connectivity index (χ3n) is 6.09. The van der Waals surface area contributed by atoms with Crippen LogP contribution in [0.3, 0.4) is 0 Å². The molecule has 0 bridgehead atoms. The fourth-order valence-corrected chi connectivity index (χ4v) is 6.61. The number of hydrogen-bond donors (Lipinski definition) is 0. The number of amides is 1. The van der Waals surface area contributed by atoms with Crippen molar-refractivity contribution in [1.82, 2.24) is 14.2 Å². The third-order valence-corrected chi connectivity index (χ3v) is 9.14. The van der Waals surface area contributed by atoms with Gasteiger partial charge in [0.1, 0.15) is 11.3 Å². The van der Waals surface area contributed by atoms with E-state index in [1.54, 1.807) is 17.0 Å². The Balaban J connectivity index is 1.41. The zero-order valence-electron chi connectivity index (χ0n) is 19.7. The number of sulfonamides is 1. The number of rotatable bonds is 8. The topological polar surface area (TPSA) is 73.8 Å². The minimum atomic E-state index is -3.60. The summed E-state index contributed by atoms with van der Waals surface area (Å²) in [6.07, 6.45) is 1.69. The van der Waals surface area contributed by atoms with Crippen LogP contribution in [0.1, 0.15) is 37.0 Å². The van der Waals surface area contributed by atoms with E-state index in [-0.39, 0.29) is 16.3 Å². The van der Waals surface area contributed by atoms with Crippen molar-refractivity contribution in [2.75, 3.05) is 44.2 Å². The van der Waals surface area contributed by atoms with Gasteiger partial charge in [0, 0.05) is 50.9 Å². The van der Waals surface area contributed by atoms with Gasteiger partial charge in [0.15, 0.2) is 10.9 Å². The molecule has 7 nitrogen and oxygen atoms in total. The molecule has 0 radical (unpaired) electrons. The molecular formula is C24H28F2N4O3S2. The molecule has 2 heterocycles. The highest BCUT2D eigenvalue weighted by molar-refractivity contribution is 7.89. The lowest BCUT2D eigenvalue weighted by atomic mass is 10.2. The number of thiazole rings is 1. The minimum absolute atomic E-state index is 0.149. The van der Waals surface area contributed by atoms with Crippen molar-refractivity contribution in [3.05, 3.63) is 53.6 Å². The summed E-state index contributed by atoms with van der Waals surface area (Å²) in [6.45, 7) is 6.57. The van der Waals surface area contributed by atoms with E-state index in [1.807, 2.05) is 18.7 Å². The molecule has 1 aliphatic heterocycles. The van der Waals surface area contributed by atoms with Crippen LogP contribution in [0.5, 0.6) is 0 Å². The number of piperazine rings is 1. The van der Waals surface area contributed by atoms with E-state index in [4.69, 9.17) is 0 Å². The maximum Gasteiger partial charge on any atom is 0.253 e. The lowest BCUT2D eigenvalue weighted by molar-refractivity contribution is 0.0746. The molecule has 1 amide bonds. The molecule has 4 rings (SSSR count). The number of halogens is 2. The Bertz CT molecular complexity index is 1300. The Kier molecular flexibility index (Phi) is 7.67. The number of fused-ring (bicyclic) bond motifs is 1. The van der Waals surface area contributed by atoms with Gasteiger partial charge in [0.05, 0.1) is 9.60 Å². The molecule has 3 aromatic rings. The van der Waals surface area contributed by atoms with E-state index in [1.165, 1.54) is 33.8 Å². The van der Waals surface area contributed by atoms with Crippen LogP contribution in [-0.2, 0) is 10.0 Å². The zero-order chi connectivity index (χ0) is 25.2. The smallest absolute Gasteiger partial charge is 0.253 e. The van der Waals surface area contributed by atoms with Crippen LogP contribution < -0.4 is 4.90 Å². The summed E-state index contributed by atoms with van der Waals surface area (Å²) in [5.41, 5.74) is 0.572. The van der Waals surface area contributed by atoms with Gasteiger partial charge in [-0.25, -0.2) is 22.2 Å². The highest BCUT2D eigenvalue weighted by atomic mass is 32.2. The lowest BCUT2D eigenvalue weighted by Gasteiger charge is -2.34. The van der Waals surface area contributed by atoms with Crippen molar-refractivity contribution in [2.24, 2.45) is 0 Å². The van der Waals surface area contributed by atoms with Crippen LogP contribution in [0.4, 0.5) is 13.9 Å². The summed E-state index contributed by atoms with van der Waals surface area (Å²) >= 11 is 1.22. The van der Waals surface area contributed by atoms with Gasteiger partial charge in [-0.2, -0.15) is 4.31 Å². The van der Waals surface area contributed by atoms with Crippen LogP contribution in [0.2, 0.25) is 0 Å². The Morgan fingerprint density at radius 1 is 1.09 bits per heavy atom. The zero-order valence-corrected chi connectivity index (χ0v) is 21.3. The molecule has 1 fully saturated rings. The van der Waals surface area contributed by atoms with E-state index in [0.29, 0.717) is 54.7 Å². The van der Waals surface area contributed by atoms with Crippen LogP contribution >= 0.6 is 11.3 Å². The predicted molar refractivity (Wildman–Crippen MR) is 133 cm³/mol. The molecular weight excluding hydrogens is 494 g/mol. The largest absolute Gasteiger partial charge is 0.345 e. The number of unbranched alkanes of at least 4 members (excludes halogenated alkanes) is 1. The molecule has 11 heteroatoms. The number of nitrogens with zero attached hydrogens (tertiary/aromatic N) is 4. The van der Waals surface area contributed by atoms with Gasteiger partial charge in [-0.1, -0.05) is 31.6 Å². The van der Waals surface area contributed by atoms with Gasteiger partial charge in [0.2, 0.25) is 10.0 Å². The van der Waals surface area contributed by atoms with Gasteiger partial charge >= 0.3 is 0 Å². The quantitative estimate of drug-likeness (QED) is 0.440. The number of hydrogen-bond acceptors (Lipinski definition) is 6. The molecule has 0 N–H and O–H groups in total. The van der Waals surface area contributed by atoms with Gasteiger partial charge < -0.3 is 9.80 Å². The van der Waals surface area contributed by atoms with Crippen molar-refractivity contribution >= 4 is 42.6 Å². The van der Waals surface area contributed by atoms with Crippen molar-refractivity contribution < 1.29 is 22.0 Å². The van der Waals surface area contributed by atoms with Gasteiger partial charge in [-0.3, -0.25) is 4.79 Å². The van der Waals surface area contributed by atoms with E-state index in [2.05, 4.69) is 4.98 Å². The standard InChI is InChI=1S/C24H28F2N4O3S2/c1-3-5-10-30(4-2)35(32,33)19-8-6-17(7-9-19)23(31)28-11-13-29(14-12-28)24-27-22-20(26)15-18(25)16-21(22)34-24/h6-9,15-16H,3-5,10-14H2,1-2H3. The molecule has 0 aliphatic carbocycles. The number of carbonyl (C=O) groups excluding carboxylic acids is 1. The maximum atomic E-state index is 14.0. The van der Waals surface area contributed by atoms with Crippen molar-refractivity contribution in [3.8, 4) is 0 Å². The SMILES string of the molecule is CCCCN(CC)S(=O)(=O)c1ccc(C(=O)N2CCN(c3nc4c(F)cc(F)cc4s3)CC2)cc1. The summed E-state index contributed by atoms with van der Waals surface area (Å²) in [7, 11) is -3.60. The van der Waals surface area contributed by atoms with E-state index in [0.717, 1.165) is 18.9 Å². The average molecular weight is 523 g/mol. The third kappa shape index (κ3) is 5.31. The summed E-state index contributed by atoms with van der Waals surface area (Å²) in [5.74, 6) is -1.50. The second kappa shape index (κ2) is 10.5. The number of carbonyl (C=O) groups is 1. The normalized spacial score (nSPS) is 14.8. The van der Waals surface area contributed by atoms with Crippen LogP contribution in [0, 0.1) is 11.6 Å². The highest BCUT2D eigenvalue weighted by Crippen LogP contribution is 2.31. The minimum Gasteiger partial charge on any atom is -0.345 e. The molecule has 0 spiro atoms. The van der Waals surface area contributed by atoms with Gasteiger partial charge in [-0.05, 0) is 36.8 Å². The molecule has 0 unspecified atom stereocenters. The summed E-state index contributed by atoms with van der Waals surface area (Å²) in [5, 5.41) is 0.592. The van der Waals surface area contributed by atoms with Gasteiger partial charge in [0.25, 0.3) is 5.91 Å². The predicted octanol–water partition coefficient (Wildman–Crippen LogP) is 4.35. The van der Waals surface area contributed by atoms with E-state index in [9.17, 15) is 22.0 Å². The van der Waals surface area contributed by atoms with Crippen LogP contribution in [0.25, 0.3) is 10.2 Å². The maximum absolute atomic E-state index is 14.0. The number of benzene rings is 2. The first-order valence-electron chi connectivity index (χ1n) is 11.6. The van der Waals surface area contributed by atoms with E-state index < -0.39 is 21.7 Å². The fraction of sp³-hybridized carbons (Fsp3) is 0.417. The Hall–Kier alpha value is -2.63. The monoisotopic (exact) mass is 522 g/mol. The first-order valence-corrected chi connectivity index (χ1v) is 13.9. The lowest BCUT2D eigenvalue weighted by Crippen LogP contribution is -2.48. The number of aromatic nitrogens is 1. The highest BCUT2D eigenvalue weighted by Gasteiger charge is 2.26. The second-order valence-electron chi connectivity index (χ2n) is 8.38. The average Bonchev–Trinajstić information content (AvgIpc) is 3.28. The molecule has 0 saturated carbocycles. The summed E-state index contributed by atoms with van der Waals surface area (Å²) < 4.78 is 55.2.